The molecule has 1 nitrogen and oxygen atoms in total. The molecule has 0 radical (unpaired) electrons. The van der Waals surface area contributed by atoms with Gasteiger partial charge >= 0.3 is 0 Å². The van der Waals surface area contributed by atoms with Crippen LogP contribution in [0.2, 0.25) is 0 Å². The number of hydrogen-bond donors (Lipinski definition) is 1. The number of thiophene rings is 1. The lowest BCUT2D eigenvalue weighted by atomic mass is 10.0. The maximum atomic E-state index is 5.75. The highest BCUT2D eigenvalue weighted by Crippen LogP contribution is 2.36. The Bertz CT molecular complexity index is 234. The molecule has 1 aromatic heterocycles. The van der Waals surface area contributed by atoms with E-state index in [1.807, 2.05) is 0 Å². The van der Waals surface area contributed by atoms with E-state index in [1.165, 1.54) is 17.7 Å². The first-order chi connectivity index (χ1) is 5.69. The van der Waals surface area contributed by atoms with E-state index in [1.54, 1.807) is 11.3 Å². The zero-order valence-corrected chi connectivity index (χ0v) is 9.83. The maximum Gasteiger partial charge on any atom is 0.0930 e. The van der Waals surface area contributed by atoms with Gasteiger partial charge in [-0.1, -0.05) is 13.8 Å². The summed E-state index contributed by atoms with van der Waals surface area (Å²) in [4.78, 5) is 1.41. The van der Waals surface area contributed by atoms with Gasteiger partial charge in [0.15, 0.2) is 0 Å². The zero-order valence-electron chi connectivity index (χ0n) is 7.43. The molecule has 0 aliphatic carbocycles. The molecule has 68 valence electrons. The largest absolute Gasteiger partial charge is 0.397 e. The molecule has 12 heavy (non-hydrogen) atoms. The summed E-state index contributed by atoms with van der Waals surface area (Å²) < 4.78 is 1.07. The smallest absolute Gasteiger partial charge is 0.0930 e. The Morgan fingerprint density at radius 1 is 1.50 bits per heavy atom. The Labute approximate surface area is 86.1 Å². The van der Waals surface area contributed by atoms with Crippen molar-refractivity contribution in [1.82, 2.24) is 0 Å². The van der Waals surface area contributed by atoms with Crippen LogP contribution in [0.4, 0.5) is 5.69 Å². The average Bonchev–Trinajstić information content (AvgIpc) is 2.35. The van der Waals surface area contributed by atoms with Gasteiger partial charge in [0, 0.05) is 4.88 Å². The number of nitrogen functional groups attached to an aromatic ring is 1. The number of halogens is 1. The molecule has 0 fully saturated rings. The van der Waals surface area contributed by atoms with E-state index >= 15 is 0 Å². The minimum absolute atomic E-state index is 0.684. The highest BCUT2D eigenvalue weighted by atomic mass is 79.9. The molecule has 0 saturated heterocycles. The molecule has 0 bridgehead atoms. The minimum atomic E-state index is 0.684. The molecule has 1 rings (SSSR count). The Morgan fingerprint density at radius 2 is 2.08 bits per heavy atom. The van der Waals surface area contributed by atoms with E-state index in [0.717, 1.165) is 9.47 Å². The predicted octanol–water partition coefficient (Wildman–Crippen LogP) is 4.00. The number of rotatable bonds is 3. The summed E-state index contributed by atoms with van der Waals surface area (Å²) >= 11 is 5.20. The molecule has 2 N–H and O–H groups in total. The highest BCUT2D eigenvalue weighted by Gasteiger charge is 2.11. The van der Waals surface area contributed by atoms with Crippen molar-refractivity contribution < 1.29 is 0 Å². The van der Waals surface area contributed by atoms with Gasteiger partial charge in [0.25, 0.3) is 0 Å². The van der Waals surface area contributed by atoms with Gasteiger partial charge in [-0.05, 0) is 40.8 Å². The van der Waals surface area contributed by atoms with E-state index in [9.17, 15) is 0 Å². The monoisotopic (exact) mass is 247 g/mol. The van der Waals surface area contributed by atoms with Gasteiger partial charge in [-0.3, -0.25) is 0 Å². The quantitative estimate of drug-likeness (QED) is 0.859. The Balaban J connectivity index is 2.86. The van der Waals surface area contributed by atoms with Gasteiger partial charge in [-0.25, -0.2) is 0 Å². The third kappa shape index (κ3) is 2.02. The molecule has 1 heterocycles. The van der Waals surface area contributed by atoms with E-state index in [2.05, 4.69) is 35.8 Å². The van der Waals surface area contributed by atoms with Crippen molar-refractivity contribution in [3.8, 4) is 0 Å². The van der Waals surface area contributed by atoms with E-state index < -0.39 is 0 Å². The average molecular weight is 248 g/mol. The van der Waals surface area contributed by atoms with E-state index in [0.29, 0.717) is 5.92 Å². The van der Waals surface area contributed by atoms with Crippen LogP contribution in [0.3, 0.4) is 0 Å². The molecular formula is C9H14BrNS. The molecule has 0 saturated carbocycles. The van der Waals surface area contributed by atoms with Gasteiger partial charge < -0.3 is 5.73 Å². The highest BCUT2D eigenvalue weighted by molar-refractivity contribution is 9.11. The van der Waals surface area contributed by atoms with Crippen molar-refractivity contribution in [1.29, 1.82) is 0 Å². The fourth-order valence-corrected chi connectivity index (χ4v) is 3.04. The Hall–Kier alpha value is -0.0200. The third-order valence-electron chi connectivity index (χ3n) is 2.12. The van der Waals surface area contributed by atoms with Gasteiger partial charge in [0.05, 0.1) is 9.47 Å². The summed E-state index contributed by atoms with van der Waals surface area (Å²) in [5.74, 6) is 0.684. The van der Waals surface area contributed by atoms with Crippen molar-refractivity contribution in [3.05, 3.63) is 14.7 Å². The second-order valence-corrected chi connectivity index (χ2v) is 5.29. The number of nitrogens with two attached hydrogens (primary N) is 1. The van der Waals surface area contributed by atoms with E-state index in [-0.39, 0.29) is 0 Å². The molecule has 3 heteroatoms. The standard InChI is InChI=1S/C9H14BrNS/c1-3-6(4-2)8-5-7(11)9(10)12-8/h5-6H,3-4,11H2,1-2H3. The summed E-state index contributed by atoms with van der Waals surface area (Å²) in [7, 11) is 0. The van der Waals surface area contributed by atoms with Crippen LogP contribution >= 0.6 is 27.3 Å². The van der Waals surface area contributed by atoms with Crippen molar-refractivity contribution in [3.63, 3.8) is 0 Å². The molecule has 0 spiro atoms. The number of anilines is 1. The summed E-state index contributed by atoms with van der Waals surface area (Å²) in [6, 6.07) is 2.09. The Morgan fingerprint density at radius 3 is 2.42 bits per heavy atom. The second-order valence-electron chi connectivity index (χ2n) is 2.89. The van der Waals surface area contributed by atoms with Crippen molar-refractivity contribution in [2.24, 2.45) is 0 Å². The van der Waals surface area contributed by atoms with Crippen LogP contribution in [0.1, 0.15) is 37.5 Å². The molecule has 0 amide bonds. The van der Waals surface area contributed by atoms with Crippen LogP contribution in [0.5, 0.6) is 0 Å². The lowest BCUT2D eigenvalue weighted by molar-refractivity contribution is 0.653. The minimum Gasteiger partial charge on any atom is -0.397 e. The molecule has 1 aromatic rings. The molecule has 0 atom stereocenters. The molecule has 0 aliphatic rings. The molecule has 0 aromatic carbocycles. The van der Waals surface area contributed by atoms with Gasteiger partial charge in [-0.15, -0.1) is 11.3 Å². The summed E-state index contributed by atoms with van der Waals surface area (Å²) in [5, 5.41) is 0. The van der Waals surface area contributed by atoms with Crippen LogP contribution in [-0.4, -0.2) is 0 Å². The predicted molar refractivity (Wildman–Crippen MR) is 59.8 cm³/mol. The van der Waals surface area contributed by atoms with Crippen LogP contribution in [0.15, 0.2) is 9.85 Å². The first-order valence-corrected chi connectivity index (χ1v) is 5.84. The third-order valence-corrected chi connectivity index (χ3v) is 4.17. The first kappa shape index (κ1) is 10.1. The van der Waals surface area contributed by atoms with Gasteiger partial charge in [0.1, 0.15) is 0 Å². The summed E-state index contributed by atoms with van der Waals surface area (Å²) in [6.45, 7) is 4.44. The van der Waals surface area contributed by atoms with Gasteiger partial charge in [0.2, 0.25) is 0 Å². The first-order valence-electron chi connectivity index (χ1n) is 4.23. The van der Waals surface area contributed by atoms with Crippen LogP contribution < -0.4 is 5.73 Å². The molecular weight excluding hydrogens is 234 g/mol. The fraction of sp³-hybridized carbons (Fsp3) is 0.556. The van der Waals surface area contributed by atoms with Crippen molar-refractivity contribution in [2.75, 3.05) is 5.73 Å². The SMILES string of the molecule is CCC(CC)c1cc(N)c(Br)s1. The summed E-state index contributed by atoms with van der Waals surface area (Å²) in [6.07, 6.45) is 2.39. The lowest BCUT2D eigenvalue weighted by Gasteiger charge is -2.07. The van der Waals surface area contributed by atoms with Gasteiger partial charge in [-0.2, -0.15) is 0 Å². The van der Waals surface area contributed by atoms with E-state index in [4.69, 9.17) is 5.73 Å². The molecule has 0 aliphatic heterocycles. The summed E-state index contributed by atoms with van der Waals surface area (Å²) in [5.41, 5.74) is 6.63. The van der Waals surface area contributed by atoms with Crippen LogP contribution in [-0.2, 0) is 0 Å². The fourth-order valence-electron chi connectivity index (χ4n) is 1.29. The Kier molecular flexibility index (Phi) is 3.59. The topological polar surface area (TPSA) is 26.0 Å². The molecule has 0 unspecified atom stereocenters. The lowest BCUT2D eigenvalue weighted by Crippen LogP contribution is -1.91. The van der Waals surface area contributed by atoms with Crippen molar-refractivity contribution >= 4 is 33.0 Å². The zero-order chi connectivity index (χ0) is 9.14. The maximum absolute atomic E-state index is 5.75. The second kappa shape index (κ2) is 4.28. The van der Waals surface area contributed by atoms with Crippen LogP contribution in [0, 0.1) is 0 Å². The number of hydrogen-bond acceptors (Lipinski definition) is 2. The normalized spacial score (nSPS) is 11.0. The van der Waals surface area contributed by atoms with Crippen molar-refractivity contribution in [2.45, 2.75) is 32.6 Å². The van der Waals surface area contributed by atoms with Crippen LogP contribution in [0.25, 0.3) is 0 Å².